The lowest BCUT2D eigenvalue weighted by Gasteiger charge is -2.42. The Labute approximate surface area is 222 Å². The van der Waals surface area contributed by atoms with E-state index in [0.29, 0.717) is 11.3 Å². The van der Waals surface area contributed by atoms with Crippen LogP contribution >= 0.6 is 0 Å². The summed E-state index contributed by atoms with van der Waals surface area (Å²) in [5, 5.41) is 12.7. The van der Waals surface area contributed by atoms with E-state index in [-0.39, 0.29) is 37.0 Å². The van der Waals surface area contributed by atoms with Crippen molar-refractivity contribution < 1.29 is 26.0 Å². The summed E-state index contributed by atoms with van der Waals surface area (Å²) in [6, 6.07) is 8.92. The van der Waals surface area contributed by atoms with E-state index >= 15 is 0 Å². The highest BCUT2D eigenvalue weighted by atomic mass is 32.2. The van der Waals surface area contributed by atoms with Gasteiger partial charge in [-0.3, -0.25) is 4.90 Å². The zero-order valence-corrected chi connectivity index (χ0v) is 22.3. The summed E-state index contributed by atoms with van der Waals surface area (Å²) in [4.78, 5) is 2.84. The zero-order valence-electron chi connectivity index (χ0n) is 21.5. The van der Waals surface area contributed by atoms with Gasteiger partial charge in [0.25, 0.3) is 10.0 Å². The molecule has 2 aromatic heterocycles. The molecule has 9 nitrogen and oxygen atoms in total. The lowest BCUT2D eigenvalue weighted by atomic mass is 9.95. The van der Waals surface area contributed by atoms with Gasteiger partial charge in [-0.05, 0) is 54.4 Å². The van der Waals surface area contributed by atoms with Gasteiger partial charge in [0.1, 0.15) is 5.82 Å². The van der Waals surface area contributed by atoms with E-state index in [2.05, 4.69) is 15.3 Å². The Morgan fingerprint density at radius 3 is 2.44 bits per heavy atom. The molecule has 2 atom stereocenters. The molecule has 208 valence electrons. The molecule has 4 aromatic rings. The first-order valence-electron chi connectivity index (χ1n) is 12.3. The van der Waals surface area contributed by atoms with Crippen LogP contribution in [0.5, 0.6) is 0 Å². The molecule has 14 heteroatoms. The molecule has 2 aromatic carbocycles. The van der Waals surface area contributed by atoms with Gasteiger partial charge >= 0.3 is 6.18 Å². The van der Waals surface area contributed by atoms with E-state index < -0.39 is 28.2 Å². The van der Waals surface area contributed by atoms with E-state index in [1.165, 1.54) is 23.5 Å². The number of hydrogen-bond acceptors (Lipinski definition) is 6. The highest BCUT2D eigenvalue weighted by Gasteiger charge is 2.42. The molecule has 0 spiro atoms. The molecule has 0 bridgehead atoms. The molecule has 1 aliphatic rings. The number of aromatic nitrogens is 5. The third kappa shape index (κ3) is 5.28. The van der Waals surface area contributed by atoms with Crippen LogP contribution in [0.4, 0.5) is 17.6 Å². The van der Waals surface area contributed by atoms with E-state index in [4.69, 9.17) is 0 Å². The van der Waals surface area contributed by atoms with Crippen molar-refractivity contribution in [2.45, 2.75) is 31.1 Å². The molecule has 3 heterocycles. The van der Waals surface area contributed by atoms with Crippen molar-refractivity contribution in [1.29, 1.82) is 0 Å². The Morgan fingerprint density at radius 1 is 1.08 bits per heavy atom. The summed E-state index contributed by atoms with van der Waals surface area (Å²) >= 11 is 0. The molecule has 0 amide bonds. The Kier molecular flexibility index (Phi) is 6.97. The van der Waals surface area contributed by atoms with Gasteiger partial charge in [-0.15, -0.1) is 5.10 Å². The fourth-order valence-corrected chi connectivity index (χ4v) is 6.23. The average Bonchev–Trinajstić information content (AvgIpc) is 3.50. The summed E-state index contributed by atoms with van der Waals surface area (Å²) in [6.07, 6.45) is -1.60. The number of fused-ring (bicyclic) bond motifs is 1. The van der Waals surface area contributed by atoms with E-state index in [9.17, 15) is 26.0 Å². The molecule has 1 aliphatic heterocycles. The number of halogens is 4. The second-order valence-electron chi connectivity index (χ2n) is 9.79. The summed E-state index contributed by atoms with van der Waals surface area (Å²) in [7, 11) is -2.51. The topological polar surface area (TPSA) is 89.2 Å². The summed E-state index contributed by atoms with van der Waals surface area (Å²) in [5.74, 6) is -1.98. The number of sulfonamides is 1. The van der Waals surface area contributed by atoms with E-state index in [1.807, 2.05) is 19.1 Å². The van der Waals surface area contributed by atoms with Crippen LogP contribution in [0, 0.1) is 18.7 Å². The molecule has 0 saturated carbocycles. The predicted octanol–water partition coefficient (Wildman–Crippen LogP) is 3.85. The van der Waals surface area contributed by atoms with Gasteiger partial charge in [-0.1, -0.05) is 6.92 Å². The standard InChI is InChI=1S/C25H27F4N7O2S/c1-16-10-22-18(12-31-36(22)20-6-4-19(26)5-7-20)11-21(16)23-15-35(39(37,38)24-13-30-33(3)32-24)9-8-34(23)14-17(2)25(27,28)29/h4-7,10-13,17,23H,8-9,14-15H2,1-3H3/t17-,23-/m1/s1. The Bertz CT molecular complexity index is 1600. The van der Waals surface area contributed by atoms with Crippen molar-refractivity contribution in [3.05, 3.63) is 65.7 Å². The first-order chi connectivity index (χ1) is 18.3. The highest BCUT2D eigenvalue weighted by Crippen LogP contribution is 2.36. The van der Waals surface area contributed by atoms with Crippen molar-refractivity contribution in [3.63, 3.8) is 0 Å². The fourth-order valence-electron chi connectivity index (χ4n) is 4.90. The van der Waals surface area contributed by atoms with E-state index in [0.717, 1.165) is 34.4 Å². The molecule has 0 unspecified atom stereocenters. The summed E-state index contributed by atoms with van der Waals surface area (Å²) < 4.78 is 83.5. The third-order valence-corrected chi connectivity index (χ3v) is 8.82. The highest BCUT2D eigenvalue weighted by molar-refractivity contribution is 7.89. The summed E-state index contributed by atoms with van der Waals surface area (Å²) in [5.41, 5.74) is 2.85. The van der Waals surface area contributed by atoms with Crippen molar-refractivity contribution in [2.24, 2.45) is 13.0 Å². The quantitative estimate of drug-likeness (QED) is 0.330. The van der Waals surface area contributed by atoms with Gasteiger partial charge in [0.05, 0.1) is 29.5 Å². The van der Waals surface area contributed by atoms with Crippen molar-refractivity contribution in [1.82, 2.24) is 34.0 Å². The monoisotopic (exact) mass is 565 g/mol. The van der Waals surface area contributed by atoms with Gasteiger partial charge in [-0.2, -0.15) is 32.5 Å². The maximum atomic E-state index is 13.5. The van der Waals surface area contributed by atoms with Gasteiger partial charge in [0, 0.05) is 44.7 Å². The molecule has 1 saturated heterocycles. The smallest absolute Gasteiger partial charge is 0.293 e. The normalized spacial score (nSPS) is 18.6. The number of aryl methyl sites for hydroxylation is 2. The lowest BCUT2D eigenvalue weighted by Crippen LogP contribution is -2.52. The lowest BCUT2D eigenvalue weighted by molar-refractivity contribution is -0.176. The number of benzene rings is 2. The van der Waals surface area contributed by atoms with Crippen LogP contribution in [0.15, 0.2) is 53.8 Å². The fraction of sp³-hybridized carbons (Fsp3) is 0.400. The maximum absolute atomic E-state index is 13.5. The minimum atomic E-state index is -4.39. The van der Waals surface area contributed by atoms with Gasteiger partial charge < -0.3 is 0 Å². The van der Waals surface area contributed by atoms with Crippen LogP contribution in [-0.4, -0.2) is 74.8 Å². The molecule has 1 fully saturated rings. The molecule has 0 N–H and O–H groups in total. The maximum Gasteiger partial charge on any atom is 0.392 e. The van der Waals surface area contributed by atoms with Crippen LogP contribution < -0.4 is 0 Å². The van der Waals surface area contributed by atoms with Gasteiger partial charge in [0.15, 0.2) is 0 Å². The van der Waals surface area contributed by atoms with Crippen LogP contribution in [0.3, 0.4) is 0 Å². The number of alkyl halides is 3. The molecular formula is C25H27F4N7O2S. The van der Waals surface area contributed by atoms with Gasteiger partial charge in [0.2, 0.25) is 5.03 Å². The van der Waals surface area contributed by atoms with Crippen molar-refractivity contribution in [3.8, 4) is 5.69 Å². The molecule has 39 heavy (non-hydrogen) atoms. The van der Waals surface area contributed by atoms with Crippen molar-refractivity contribution in [2.75, 3.05) is 26.2 Å². The third-order valence-electron chi connectivity index (χ3n) is 7.09. The predicted molar refractivity (Wildman–Crippen MR) is 135 cm³/mol. The molecular weight excluding hydrogens is 538 g/mol. The van der Waals surface area contributed by atoms with Crippen LogP contribution in [0.1, 0.15) is 24.1 Å². The molecule has 5 rings (SSSR count). The first-order valence-corrected chi connectivity index (χ1v) is 13.7. The Morgan fingerprint density at radius 2 is 1.79 bits per heavy atom. The SMILES string of the molecule is Cc1cc2c(cnn2-c2ccc(F)cc2)cc1[C@H]1CN(S(=O)(=O)c2cnn(C)n2)CCN1C[C@@H](C)C(F)(F)F. The van der Waals surface area contributed by atoms with Crippen LogP contribution in [-0.2, 0) is 17.1 Å². The van der Waals surface area contributed by atoms with Crippen molar-refractivity contribution >= 4 is 20.9 Å². The Balaban J connectivity index is 1.54. The number of hydrogen-bond donors (Lipinski definition) is 0. The second kappa shape index (κ2) is 9.99. The zero-order chi connectivity index (χ0) is 28.1. The second-order valence-corrected chi connectivity index (χ2v) is 11.7. The average molecular weight is 566 g/mol. The van der Waals surface area contributed by atoms with E-state index in [1.54, 1.807) is 27.9 Å². The number of nitrogens with zero attached hydrogens (tertiary/aromatic N) is 7. The minimum Gasteiger partial charge on any atom is -0.293 e. The number of piperazine rings is 1. The van der Waals surface area contributed by atoms with Crippen LogP contribution in [0.25, 0.3) is 16.6 Å². The first kappa shape index (κ1) is 27.2. The summed E-state index contributed by atoms with van der Waals surface area (Å²) in [6.45, 7) is 2.75. The Hall–Kier alpha value is -3.36. The minimum absolute atomic E-state index is 0.0176. The van der Waals surface area contributed by atoms with Gasteiger partial charge in [-0.25, -0.2) is 17.5 Å². The molecule has 0 aliphatic carbocycles. The number of rotatable bonds is 6. The largest absolute Gasteiger partial charge is 0.392 e. The van der Waals surface area contributed by atoms with Crippen LogP contribution in [0.2, 0.25) is 0 Å². The molecule has 0 radical (unpaired) electrons.